The number of aromatic nitrogens is 2. The molecular formula is C12H7N3O3S. The van der Waals surface area contributed by atoms with Crippen LogP contribution in [0.1, 0.15) is 4.88 Å². The molecule has 2 aromatic heterocycles. The van der Waals surface area contributed by atoms with E-state index in [1.807, 2.05) is 5.32 Å². The molecule has 0 spiro atoms. The lowest BCUT2D eigenvalue weighted by molar-refractivity contribution is -0.124. The van der Waals surface area contributed by atoms with E-state index < -0.39 is 17.6 Å². The van der Waals surface area contributed by atoms with Crippen LogP contribution in [0.5, 0.6) is 0 Å². The molecule has 0 aromatic carbocycles. The van der Waals surface area contributed by atoms with E-state index >= 15 is 0 Å². The third-order valence-electron chi connectivity index (χ3n) is 2.59. The summed E-state index contributed by atoms with van der Waals surface area (Å²) in [5.74, 6) is -1.94. The zero-order chi connectivity index (χ0) is 13.4. The maximum absolute atomic E-state index is 11.6. The number of aliphatic hydroxyl groups is 1. The number of imide groups is 1. The van der Waals surface area contributed by atoms with Gasteiger partial charge >= 0.3 is 0 Å². The molecule has 3 heterocycles. The summed E-state index contributed by atoms with van der Waals surface area (Å²) in [4.78, 5) is 31.3. The van der Waals surface area contributed by atoms with E-state index in [2.05, 4.69) is 9.97 Å². The van der Waals surface area contributed by atoms with Gasteiger partial charge in [0.25, 0.3) is 11.8 Å². The topological polar surface area (TPSA) is 92.2 Å². The highest BCUT2D eigenvalue weighted by Crippen LogP contribution is 2.31. The first-order chi connectivity index (χ1) is 9.16. The minimum Gasteiger partial charge on any atom is -0.502 e. The van der Waals surface area contributed by atoms with Gasteiger partial charge in [-0.2, -0.15) is 0 Å². The zero-order valence-electron chi connectivity index (χ0n) is 9.45. The van der Waals surface area contributed by atoms with Crippen LogP contribution in [0.25, 0.3) is 16.1 Å². The van der Waals surface area contributed by atoms with E-state index in [0.29, 0.717) is 9.88 Å². The van der Waals surface area contributed by atoms with Crippen molar-refractivity contribution in [2.75, 3.05) is 0 Å². The molecule has 19 heavy (non-hydrogen) atoms. The fourth-order valence-electron chi connectivity index (χ4n) is 1.69. The Morgan fingerprint density at radius 3 is 2.53 bits per heavy atom. The first-order valence-corrected chi connectivity index (χ1v) is 6.14. The van der Waals surface area contributed by atoms with Gasteiger partial charge in [-0.1, -0.05) is 0 Å². The fraction of sp³-hybridized carbons (Fsp3) is 0. The van der Waals surface area contributed by atoms with Crippen molar-refractivity contribution in [1.29, 1.82) is 0 Å². The molecule has 0 atom stereocenters. The lowest BCUT2D eigenvalue weighted by Crippen LogP contribution is -2.22. The molecule has 6 nitrogen and oxygen atoms in total. The minimum absolute atomic E-state index is 0.0252. The summed E-state index contributed by atoms with van der Waals surface area (Å²) >= 11 is 1.22. The molecule has 2 aromatic rings. The molecule has 1 aliphatic rings. The molecule has 1 aliphatic heterocycles. The number of aliphatic hydroxyl groups excluding tert-OH is 1. The van der Waals surface area contributed by atoms with Gasteiger partial charge in [0.1, 0.15) is 10.6 Å². The largest absolute Gasteiger partial charge is 0.502 e. The van der Waals surface area contributed by atoms with Crippen molar-refractivity contribution >= 4 is 28.7 Å². The van der Waals surface area contributed by atoms with Crippen LogP contribution in [0.4, 0.5) is 0 Å². The van der Waals surface area contributed by atoms with Crippen molar-refractivity contribution in [3.63, 3.8) is 0 Å². The van der Waals surface area contributed by atoms with E-state index in [1.165, 1.54) is 17.5 Å². The van der Waals surface area contributed by atoms with Crippen molar-refractivity contribution in [2.45, 2.75) is 0 Å². The lowest BCUT2D eigenvalue weighted by atomic mass is 10.2. The molecule has 2 amide bonds. The number of hydrogen-bond donors (Lipinski definition) is 2. The predicted molar refractivity (Wildman–Crippen MR) is 68.0 cm³/mol. The fourth-order valence-corrected chi connectivity index (χ4v) is 2.66. The monoisotopic (exact) mass is 273 g/mol. The maximum Gasteiger partial charge on any atom is 0.293 e. The molecule has 7 heteroatoms. The molecule has 0 radical (unpaired) electrons. The molecule has 0 unspecified atom stereocenters. The molecule has 0 saturated heterocycles. The van der Waals surface area contributed by atoms with Crippen LogP contribution in [0.2, 0.25) is 0 Å². The van der Waals surface area contributed by atoms with Crippen LogP contribution in [0.3, 0.4) is 0 Å². The average molecular weight is 273 g/mol. The number of pyridine rings is 1. The van der Waals surface area contributed by atoms with Crippen LogP contribution in [0, 0.1) is 0 Å². The Bertz CT molecular complexity index is 706. The molecule has 0 saturated carbocycles. The molecule has 3 rings (SSSR count). The first kappa shape index (κ1) is 11.5. The standard InChI is InChI=1S/C12H7N3O3S/c16-9-8(10(17)15-11(9)18)7-5-14-12(19-7)6-1-3-13-4-2-6/h1-5H,(H2,15,16,17,18). The van der Waals surface area contributed by atoms with E-state index in [1.54, 1.807) is 24.5 Å². The van der Waals surface area contributed by atoms with Gasteiger partial charge < -0.3 is 5.11 Å². The molecule has 94 valence electrons. The van der Waals surface area contributed by atoms with Crippen molar-refractivity contribution < 1.29 is 14.7 Å². The van der Waals surface area contributed by atoms with Gasteiger partial charge in [-0.3, -0.25) is 19.9 Å². The zero-order valence-corrected chi connectivity index (χ0v) is 10.3. The summed E-state index contributed by atoms with van der Waals surface area (Å²) in [6.45, 7) is 0. The Labute approximate surface area is 111 Å². The number of hydrogen-bond acceptors (Lipinski definition) is 6. The summed E-state index contributed by atoms with van der Waals surface area (Å²) in [5.41, 5.74) is 0.832. The van der Waals surface area contributed by atoms with Gasteiger partial charge in [-0.15, -0.1) is 11.3 Å². The summed E-state index contributed by atoms with van der Waals surface area (Å²) in [5, 5.41) is 12.3. The maximum atomic E-state index is 11.6. The second-order valence-electron chi connectivity index (χ2n) is 3.77. The van der Waals surface area contributed by atoms with Gasteiger partial charge in [-0.25, -0.2) is 4.98 Å². The minimum atomic E-state index is -0.779. The van der Waals surface area contributed by atoms with Gasteiger partial charge in [0.05, 0.1) is 4.88 Å². The number of carbonyl (C=O) groups is 2. The third-order valence-corrected chi connectivity index (χ3v) is 3.65. The second-order valence-corrected chi connectivity index (χ2v) is 4.80. The summed E-state index contributed by atoms with van der Waals surface area (Å²) in [6, 6.07) is 3.58. The SMILES string of the molecule is O=C1NC(=O)C(c2cnc(-c3ccncc3)s2)=C1O. The summed E-state index contributed by atoms with van der Waals surface area (Å²) < 4.78 is 0. The number of carbonyl (C=O) groups excluding carboxylic acids is 2. The number of rotatable bonds is 2. The van der Waals surface area contributed by atoms with Crippen molar-refractivity contribution in [3.05, 3.63) is 41.4 Å². The van der Waals surface area contributed by atoms with E-state index in [4.69, 9.17) is 0 Å². The average Bonchev–Trinajstić information content (AvgIpc) is 2.97. The van der Waals surface area contributed by atoms with Crippen LogP contribution < -0.4 is 5.32 Å². The quantitative estimate of drug-likeness (QED) is 0.800. The normalized spacial score (nSPS) is 14.9. The Morgan fingerprint density at radius 1 is 1.16 bits per heavy atom. The second kappa shape index (κ2) is 4.29. The Morgan fingerprint density at radius 2 is 1.89 bits per heavy atom. The van der Waals surface area contributed by atoms with Gasteiger partial charge in [0, 0.05) is 24.2 Å². The van der Waals surface area contributed by atoms with Gasteiger partial charge in [-0.05, 0) is 12.1 Å². The van der Waals surface area contributed by atoms with E-state index in [-0.39, 0.29) is 5.57 Å². The van der Waals surface area contributed by atoms with E-state index in [0.717, 1.165) is 5.56 Å². The van der Waals surface area contributed by atoms with Crippen molar-refractivity contribution in [1.82, 2.24) is 15.3 Å². The Hall–Kier alpha value is -2.54. The summed E-state index contributed by atoms with van der Waals surface area (Å²) in [7, 11) is 0. The number of nitrogens with one attached hydrogen (secondary N) is 1. The van der Waals surface area contributed by atoms with Crippen molar-refractivity contribution in [3.8, 4) is 10.6 Å². The van der Waals surface area contributed by atoms with Gasteiger partial charge in [0.15, 0.2) is 5.76 Å². The molecule has 0 fully saturated rings. The molecular weight excluding hydrogens is 266 g/mol. The smallest absolute Gasteiger partial charge is 0.293 e. The third kappa shape index (κ3) is 1.89. The molecule has 0 bridgehead atoms. The van der Waals surface area contributed by atoms with Crippen molar-refractivity contribution in [2.24, 2.45) is 0 Å². The van der Waals surface area contributed by atoms with Gasteiger partial charge in [0.2, 0.25) is 0 Å². The number of amides is 2. The highest BCUT2D eigenvalue weighted by Gasteiger charge is 2.32. The molecule has 0 aliphatic carbocycles. The predicted octanol–water partition coefficient (Wildman–Crippen LogP) is 1.13. The van der Waals surface area contributed by atoms with Crippen LogP contribution >= 0.6 is 11.3 Å². The van der Waals surface area contributed by atoms with Crippen LogP contribution in [0.15, 0.2) is 36.5 Å². The first-order valence-electron chi connectivity index (χ1n) is 5.32. The molecule has 2 N–H and O–H groups in total. The van der Waals surface area contributed by atoms with Crippen LogP contribution in [-0.2, 0) is 9.59 Å². The van der Waals surface area contributed by atoms with E-state index in [9.17, 15) is 14.7 Å². The highest BCUT2D eigenvalue weighted by atomic mass is 32.1. The Balaban J connectivity index is 2.04. The van der Waals surface area contributed by atoms with Crippen LogP contribution in [-0.4, -0.2) is 26.9 Å². The lowest BCUT2D eigenvalue weighted by Gasteiger charge is -1.94. The Kier molecular flexibility index (Phi) is 2.60. The number of nitrogens with zero attached hydrogens (tertiary/aromatic N) is 2. The highest BCUT2D eigenvalue weighted by molar-refractivity contribution is 7.16. The summed E-state index contributed by atoms with van der Waals surface area (Å²) in [6.07, 6.45) is 4.74. The number of thiazole rings is 1.